The first-order valence-corrected chi connectivity index (χ1v) is 7.37. The van der Waals surface area contributed by atoms with Crippen molar-refractivity contribution in [2.24, 2.45) is 11.8 Å². The average molecular weight is 281 g/mol. The highest BCUT2D eigenvalue weighted by Gasteiger charge is 2.01. The Labute approximate surface area is 121 Å². The van der Waals surface area contributed by atoms with Crippen LogP contribution in [0.5, 0.6) is 0 Å². The van der Waals surface area contributed by atoms with Gasteiger partial charge in [-0.05, 0) is 18.3 Å². The predicted molar refractivity (Wildman–Crippen MR) is 82.1 cm³/mol. The van der Waals surface area contributed by atoms with Crippen molar-refractivity contribution in [2.45, 2.75) is 40.7 Å². The van der Waals surface area contributed by atoms with Crippen molar-refractivity contribution < 1.29 is 4.74 Å². The van der Waals surface area contributed by atoms with E-state index in [0.717, 1.165) is 25.3 Å². The van der Waals surface area contributed by atoms with Gasteiger partial charge in [0.25, 0.3) is 5.56 Å². The lowest BCUT2D eigenvalue weighted by molar-refractivity contribution is 0.113. The molecule has 0 radical (unpaired) electrons. The highest BCUT2D eigenvalue weighted by molar-refractivity contribution is 5.38. The van der Waals surface area contributed by atoms with Gasteiger partial charge >= 0.3 is 0 Å². The number of nitrogens with zero attached hydrogens (tertiary/aromatic N) is 2. The van der Waals surface area contributed by atoms with Crippen LogP contribution in [0.15, 0.2) is 17.1 Å². The van der Waals surface area contributed by atoms with Crippen LogP contribution in [0.4, 0.5) is 5.69 Å². The second-order valence-corrected chi connectivity index (χ2v) is 5.88. The van der Waals surface area contributed by atoms with Crippen molar-refractivity contribution in [2.75, 3.05) is 25.1 Å². The van der Waals surface area contributed by atoms with Gasteiger partial charge in [0.05, 0.1) is 25.0 Å². The summed E-state index contributed by atoms with van der Waals surface area (Å²) in [5.41, 5.74) is 0.687. The molecule has 0 bridgehead atoms. The minimum Gasteiger partial charge on any atom is -0.383 e. The second-order valence-electron chi connectivity index (χ2n) is 5.88. The van der Waals surface area contributed by atoms with E-state index in [2.05, 4.69) is 38.1 Å². The van der Waals surface area contributed by atoms with E-state index in [4.69, 9.17) is 4.74 Å². The zero-order valence-corrected chi connectivity index (χ0v) is 13.1. The Bertz CT molecular complexity index is 441. The van der Waals surface area contributed by atoms with Crippen molar-refractivity contribution in [3.8, 4) is 0 Å². The third-order valence-corrected chi connectivity index (χ3v) is 2.87. The monoisotopic (exact) mass is 281 g/mol. The van der Waals surface area contributed by atoms with Crippen LogP contribution >= 0.6 is 0 Å². The molecule has 0 fully saturated rings. The number of ether oxygens (including phenoxy) is 1. The quantitative estimate of drug-likeness (QED) is 0.706. The normalized spacial score (nSPS) is 11.3. The van der Waals surface area contributed by atoms with E-state index in [1.807, 2.05) is 0 Å². The van der Waals surface area contributed by atoms with Crippen LogP contribution in [0.25, 0.3) is 0 Å². The van der Waals surface area contributed by atoms with Gasteiger partial charge in [0.1, 0.15) is 0 Å². The molecule has 0 atom stereocenters. The average Bonchev–Trinajstić information content (AvgIpc) is 2.37. The molecule has 1 N–H and O–H groups in total. The van der Waals surface area contributed by atoms with E-state index in [9.17, 15) is 4.79 Å². The van der Waals surface area contributed by atoms with E-state index in [1.165, 1.54) is 4.68 Å². The molecule has 114 valence electrons. The molecule has 0 amide bonds. The van der Waals surface area contributed by atoms with Gasteiger partial charge in [-0.25, -0.2) is 4.68 Å². The summed E-state index contributed by atoms with van der Waals surface area (Å²) < 4.78 is 6.94. The van der Waals surface area contributed by atoms with Gasteiger partial charge in [-0.2, -0.15) is 5.10 Å². The standard InChI is InChI=1S/C15H27N3O2/c1-12(2)5-7-20-8-6-18-15(19)9-14(11-17-18)16-10-13(3)4/h9,11-13,16H,5-8,10H2,1-4H3. The Kier molecular flexibility index (Phi) is 7.30. The summed E-state index contributed by atoms with van der Waals surface area (Å²) in [4.78, 5) is 11.9. The third kappa shape index (κ3) is 6.70. The second kappa shape index (κ2) is 8.74. The molecule has 5 nitrogen and oxygen atoms in total. The van der Waals surface area contributed by atoms with E-state index in [0.29, 0.717) is 25.0 Å². The zero-order chi connectivity index (χ0) is 15.0. The van der Waals surface area contributed by atoms with Crippen LogP contribution in [0.1, 0.15) is 34.1 Å². The summed E-state index contributed by atoms with van der Waals surface area (Å²) in [6.45, 7) is 11.2. The van der Waals surface area contributed by atoms with Gasteiger partial charge in [-0.3, -0.25) is 4.79 Å². The summed E-state index contributed by atoms with van der Waals surface area (Å²) in [6, 6.07) is 1.59. The fraction of sp³-hybridized carbons (Fsp3) is 0.733. The maximum Gasteiger partial charge on any atom is 0.268 e. The molecular weight excluding hydrogens is 254 g/mol. The Morgan fingerprint density at radius 3 is 2.60 bits per heavy atom. The molecule has 0 spiro atoms. The van der Waals surface area contributed by atoms with E-state index in [1.54, 1.807) is 12.3 Å². The first-order valence-electron chi connectivity index (χ1n) is 7.37. The van der Waals surface area contributed by atoms with Crippen LogP contribution in [0, 0.1) is 11.8 Å². The Balaban J connectivity index is 2.38. The van der Waals surface area contributed by atoms with Crippen LogP contribution in [0.3, 0.4) is 0 Å². The molecular formula is C15H27N3O2. The third-order valence-electron chi connectivity index (χ3n) is 2.87. The maximum absolute atomic E-state index is 11.9. The summed E-state index contributed by atoms with van der Waals surface area (Å²) in [7, 11) is 0. The van der Waals surface area contributed by atoms with Crippen LogP contribution in [0.2, 0.25) is 0 Å². The highest BCUT2D eigenvalue weighted by Crippen LogP contribution is 2.02. The lowest BCUT2D eigenvalue weighted by atomic mass is 10.1. The molecule has 0 aliphatic rings. The summed E-state index contributed by atoms with van der Waals surface area (Å²) in [6.07, 6.45) is 2.73. The maximum atomic E-state index is 11.9. The molecule has 0 saturated carbocycles. The lowest BCUT2D eigenvalue weighted by Crippen LogP contribution is -2.25. The molecule has 0 unspecified atom stereocenters. The van der Waals surface area contributed by atoms with Gasteiger partial charge in [0, 0.05) is 19.2 Å². The fourth-order valence-electron chi connectivity index (χ4n) is 1.59. The highest BCUT2D eigenvalue weighted by atomic mass is 16.5. The molecule has 0 aliphatic carbocycles. The largest absolute Gasteiger partial charge is 0.383 e. The molecule has 0 saturated heterocycles. The van der Waals surface area contributed by atoms with Crippen molar-refractivity contribution in [1.29, 1.82) is 0 Å². The topological polar surface area (TPSA) is 56.1 Å². The summed E-state index contributed by atoms with van der Waals surface area (Å²) in [5, 5.41) is 7.34. The van der Waals surface area contributed by atoms with E-state index in [-0.39, 0.29) is 5.56 Å². The zero-order valence-electron chi connectivity index (χ0n) is 13.1. The molecule has 0 aliphatic heterocycles. The SMILES string of the molecule is CC(C)CCOCCn1ncc(NCC(C)C)cc1=O. The van der Waals surface area contributed by atoms with Gasteiger partial charge in [0.2, 0.25) is 0 Å². The van der Waals surface area contributed by atoms with Crippen LogP contribution < -0.4 is 10.9 Å². The summed E-state index contributed by atoms with van der Waals surface area (Å²) >= 11 is 0. The number of hydrogen-bond donors (Lipinski definition) is 1. The Morgan fingerprint density at radius 1 is 1.25 bits per heavy atom. The first-order chi connectivity index (χ1) is 9.49. The Hall–Kier alpha value is -1.36. The van der Waals surface area contributed by atoms with Crippen LogP contribution in [-0.4, -0.2) is 29.5 Å². The molecule has 1 aromatic rings. The number of rotatable bonds is 9. The van der Waals surface area contributed by atoms with Crippen molar-refractivity contribution in [1.82, 2.24) is 9.78 Å². The molecule has 1 rings (SSSR count). The molecule has 1 aromatic heterocycles. The van der Waals surface area contributed by atoms with Gasteiger partial charge in [-0.1, -0.05) is 27.7 Å². The lowest BCUT2D eigenvalue weighted by Gasteiger charge is -2.10. The Morgan fingerprint density at radius 2 is 2.00 bits per heavy atom. The van der Waals surface area contributed by atoms with E-state index >= 15 is 0 Å². The molecule has 20 heavy (non-hydrogen) atoms. The minimum absolute atomic E-state index is 0.0915. The van der Waals surface area contributed by atoms with Gasteiger partial charge < -0.3 is 10.1 Å². The smallest absolute Gasteiger partial charge is 0.268 e. The van der Waals surface area contributed by atoms with Gasteiger partial charge in [0.15, 0.2) is 0 Å². The number of aromatic nitrogens is 2. The molecule has 0 aromatic carbocycles. The van der Waals surface area contributed by atoms with Crippen LogP contribution in [-0.2, 0) is 11.3 Å². The molecule has 1 heterocycles. The minimum atomic E-state index is -0.0915. The number of anilines is 1. The predicted octanol–water partition coefficient (Wildman–Crippen LogP) is 2.37. The summed E-state index contributed by atoms with van der Waals surface area (Å²) in [5.74, 6) is 1.17. The van der Waals surface area contributed by atoms with Crippen molar-refractivity contribution in [3.05, 3.63) is 22.6 Å². The van der Waals surface area contributed by atoms with Crippen molar-refractivity contribution in [3.63, 3.8) is 0 Å². The fourth-order valence-corrected chi connectivity index (χ4v) is 1.59. The van der Waals surface area contributed by atoms with Crippen molar-refractivity contribution >= 4 is 5.69 Å². The number of hydrogen-bond acceptors (Lipinski definition) is 4. The van der Waals surface area contributed by atoms with Gasteiger partial charge in [-0.15, -0.1) is 0 Å². The number of nitrogens with one attached hydrogen (secondary N) is 1. The first kappa shape index (κ1) is 16.7. The molecule has 5 heteroatoms. The van der Waals surface area contributed by atoms with E-state index < -0.39 is 0 Å².